The Morgan fingerprint density at radius 1 is 1.23 bits per heavy atom. The molecule has 1 aromatic rings. The first-order valence-corrected chi connectivity index (χ1v) is 8.58. The lowest BCUT2D eigenvalue weighted by Crippen LogP contribution is -2.40. The second kappa shape index (κ2) is 7.77. The van der Waals surface area contributed by atoms with Gasteiger partial charge in [0, 0.05) is 43.1 Å². The van der Waals surface area contributed by atoms with Crippen LogP contribution in [-0.4, -0.2) is 36.3 Å². The summed E-state index contributed by atoms with van der Waals surface area (Å²) in [6, 6.07) is 7.58. The first-order chi connectivity index (χ1) is 10.5. The summed E-state index contributed by atoms with van der Waals surface area (Å²) in [6.07, 6.45) is 2.54. The van der Waals surface area contributed by atoms with Gasteiger partial charge < -0.3 is 9.80 Å². The molecule has 0 bridgehead atoms. The molecule has 1 fully saturated rings. The largest absolute Gasteiger partial charge is 0.343 e. The first kappa shape index (κ1) is 17.0. The number of piperidine rings is 1. The zero-order valence-corrected chi connectivity index (χ0v) is 14.8. The number of carbonyl (C=O) groups excluding carboxylic acids is 2. The van der Waals surface area contributed by atoms with Crippen molar-refractivity contribution >= 4 is 33.4 Å². The Bertz CT molecular complexity index is 522. The van der Waals surface area contributed by atoms with Crippen LogP contribution >= 0.6 is 15.9 Å². The molecule has 0 spiro atoms. The molecule has 0 radical (unpaired) electrons. The quantitative estimate of drug-likeness (QED) is 0.818. The smallest absolute Gasteiger partial charge is 0.224 e. The van der Waals surface area contributed by atoms with Crippen molar-refractivity contribution in [1.82, 2.24) is 4.90 Å². The van der Waals surface area contributed by atoms with Gasteiger partial charge in [-0.05, 0) is 43.0 Å². The minimum absolute atomic E-state index is 0.0395. The molecule has 120 valence electrons. The van der Waals surface area contributed by atoms with E-state index in [2.05, 4.69) is 22.9 Å². The molecule has 1 saturated heterocycles. The first-order valence-electron chi connectivity index (χ1n) is 7.79. The number of halogens is 1. The van der Waals surface area contributed by atoms with E-state index in [1.807, 2.05) is 29.2 Å². The molecule has 2 amide bonds. The second-order valence-electron chi connectivity index (χ2n) is 5.96. The number of rotatable bonds is 4. The van der Waals surface area contributed by atoms with E-state index in [1.54, 1.807) is 4.90 Å². The molecule has 0 N–H and O–H groups in total. The zero-order chi connectivity index (χ0) is 16.1. The molecular formula is C17H23BrN2O2. The maximum absolute atomic E-state index is 12.3. The van der Waals surface area contributed by atoms with Crippen LogP contribution in [0.1, 0.15) is 33.1 Å². The van der Waals surface area contributed by atoms with Crippen LogP contribution in [0.3, 0.4) is 0 Å². The number of benzene rings is 1. The monoisotopic (exact) mass is 366 g/mol. The lowest BCUT2D eigenvalue weighted by molar-refractivity contribution is -0.132. The maximum Gasteiger partial charge on any atom is 0.224 e. The average molecular weight is 367 g/mol. The number of anilines is 1. The molecule has 5 heteroatoms. The number of hydrogen-bond donors (Lipinski definition) is 0. The van der Waals surface area contributed by atoms with E-state index in [0.29, 0.717) is 18.9 Å². The lowest BCUT2D eigenvalue weighted by atomic mass is 9.99. The normalized spacial score (nSPS) is 15.7. The molecule has 0 atom stereocenters. The van der Waals surface area contributed by atoms with Crippen LogP contribution in [0, 0.1) is 5.92 Å². The van der Waals surface area contributed by atoms with Gasteiger partial charge in [-0.2, -0.15) is 0 Å². The van der Waals surface area contributed by atoms with Gasteiger partial charge in [-0.15, -0.1) is 0 Å². The zero-order valence-electron chi connectivity index (χ0n) is 13.2. The van der Waals surface area contributed by atoms with Gasteiger partial charge in [0.2, 0.25) is 11.8 Å². The summed E-state index contributed by atoms with van der Waals surface area (Å²) in [7, 11) is 0. The summed E-state index contributed by atoms with van der Waals surface area (Å²) < 4.78 is 0.971. The summed E-state index contributed by atoms with van der Waals surface area (Å²) in [5.41, 5.74) is 0.829. The third-order valence-electron chi connectivity index (χ3n) is 4.20. The van der Waals surface area contributed by atoms with Gasteiger partial charge in [-0.1, -0.05) is 22.9 Å². The van der Waals surface area contributed by atoms with Crippen LogP contribution in [0.25, 0.3) is 0 Å². The van der Waals surface area contributed by atoms with Crippen LogP contribution in [0.2, 0.25) is 0 Å². The summed E-state index contributed by atoms with van der Waals surface area (Å²) in [5, 5.41) is 0. The van der Waals surface area contributed by atoms with Gasteiger partial charge in [-0.3, -0.25) is 9.59 Å². The Balaban J connectivity index is 1.93. The highest BCUT2D eigenvalue weighted by atomic mass is 79.9. The van der Waals surface area contributed by atoms with E-state index in [1.165, 1.54) is 6.92 Å². The highest BCUT2D eigenvalue weighted by Gasteiger charge is 2.21. The number of nitrogens with zero attached hydrogens (tertiary/aromatic N) is 2. The number of hydrogen-bond acceptors (Lipinski definition) is 2. The van der Waals surface area contributed by atoms with Crippen LogP contribution in [0.15, 0.2) is 28.7 Å². The van der Waals surface area contributed by atoms with E-state index in [9.17, 15) is 9.59 Å². The molecule has 0 unspecified atom stereocenters. The van der Waals surface area contributed by atoms with Gasteiger partial charge in [0.1, 0.15) is 0 Å². The van der Waals surface area contributed by atoms with Gasteiger partial charge in [-0.25, -0.2) is 0 Å². The molecule has 1 aliphatic heterocycles. The van der Waals surface area contributed by atoms with Crippen LogP contribution in [0.5, 0.6) is 0 Å². The highest BCUT2D eigenvalue weighted by Crippen LogP contribution is 2.20. The fraction of sp³-hybridized carbons (Fsp3) is 0.529. The standard InChI is InChI=1S/C17H23BrN2O2/c1-13-7-10-19(11-8-13)17(22)9-12-20(14(2)21)16-5-3-15(18)4-6-16/h3-6,13H,7-12H2,1-2H3. The molecule has 4 nitrogen and oxygen atoms in total. The van der Waals surface area contributed by atoms with Crippen molar-refractivity contribution in [3.05, 3.63) is 28.7 Å². The Kier molecular flexibility index (Phi) is 6.00. The third-order valence-corrected chi connectivity index (χ3v) is 4.73. The Morgan fingerprint density at radius 3 is 2.36 bits per heavy atom. The minimum Gasteiger partial charge on any atom is -0.343 e. The molecule has 2 rings (SSSR count). The number of carbonyl (C=O) groups is 2. The third kappa shape index (κ3) is 4.57. The van der Waals surface area contributed by atoms with Crippen molar-refractivity contribution in [2.75, 3.05) is 24.5 Å². The SMILES string of the molecule is CC(=O)N(CCC(=O)N1CCC(C)CC1)c1ccc(Br)cc1. The molecule has 1 aromatic carbocycles. The van der Waals surface area contributed by atoms with Crippen molar-refractivity contribution in [2.45, 2.75) is 33.1 Å². The summed E-state index contributed by atoms with van der Waals surface area (Å²) >= 11 is 3.39. The predicted molar refractivity (Wildman–Crippen MR) is 91.8 cm³/mol. The molecule has 22 heavy (non-hydrogen) atoms. The number of amides is 2. The number of likely N-dealkylation sites (tertiary alicyclic amines) is 1. The fourth-order valence-corrected chi connectivity index (χ4v) is 2.98. The fourth-order valence-electron chi connectivity index (χ4n) is 2.71. The average Bonchev–Trinajstić information content (AvgIpc) is 2.49. The van der Waals surface area contributed by atoms with E-state index in [4.69, 9.17) is 0 Å². The molecule has 1 aliphatic rings. The van der Waals surface area contributed by atoms with Crippen molar-refractivity contribution in [2.24, 2.45) is 5.92 Å². The second-order valence-corrected chi connectivity index (χ2v) is 6.88. The van der Waals surface area contributed by atoms with Crippen LogP contribution < -0.4 is 4.90 Å². The summed E-state index contributed by atoms with van der Waals surface area (Å²) in [6.45, 7) is 5.89. The van der Waals surface area contributed by atoms with Gasteiger partial charge in [0.05, 0.1) is 0 Å². The molecular weight excluding hydrogens is 344 g/mol. The lowest BCUT2D eigenvalue weighted by Gasteiger charge is -2.31. The van der Waals surface area contributed by atoms with Crippen molar-refractivity contribution in [3.8, 4) is 0 Å². The Morgan fingerprint density at radius 2 is 1.82 bits per heavy atom. The van der Waals surface area contributed by atoms with Crippen LogP contribution in [-0.2, 0) is 9.59 Å². The highest BCUT2D eigenvalue weighted by molar-refractivity contribution is 9.10. The van der Waals surface area contributed by atoms with E-state index in [-0.39, 0.29) is 11.8 Å². The van der Waals surface area contributed by atoms with E-state index < -0.39 is 0 Å². The van der Waals surface area contributed by atoms with Crippen molar-refractivity contribution in [3.63, 3.8) is 0 Å². The van der Waals surface area contributed by atoms with E-state index >= 15 is 0 Å². The van der Waals surface area contributed by atoms with E-state index in [0.717, 1.165) is 36.1 Å². The maximum atomic E-state index is 12.3. The van der Waals surface area contributed by atoms with Crippen LogP contribution in [0.4, 0.5) is 5.69 Å². The predicted octanol–water partition coefficient (Wildman–Crippen LogP) is 3.45. The molecule has 0 saturated carbocycles. The minimum atomic E-state index is -0.0395. The molecule has 0 aliphatic carbocycles. The summed E-state index contributed by atoms with van der Waals surface area (Å²) in [4.78, 5) is 27.7. The van der Waals surface area contributed by atoms with Gasteiger partial charge in [0.15, 0.2) is 0 Å². The molecule has 1 heterocycles. The summed E-state index contributed by atoms with van der Waals surface area (Å²) in [5.74, 6) is 0.818. The van der Waals surface area contributed by atoms with Gasteiger partial charge in [0.25, 0.3) is 0 Å². The Hall–Kier alpha value is -1.36. The van der Waals surface area contributed by atoms with Crippen molar-refractivity contribution in [1.29, 1.82) is 0 Å². The topological polar surface area (TPSA) is 40.6 Å². The van der Waals surface area contributed by atoms with Gasteiger partial charge >= 0.3 is 0 Å². The molecule has 0 aromatic heterocycles. The van der Waals surface area contributed by atoms with Crippen molar-refractivity contribution < 1.29 is 9.59 Å². The Labute approximate surface area is 140 Å².